The molecule has 0 bridgehead atoms. The van der Waals surface area contributed by atoms with Crippen LogP contribution in [0.15, 0.2) is 71.6 Å². The third-order valence-corrected chi connectivity index (χ3v) is 8.87. The van der Waals surface area contributed by atoms with Gasteiger partial charge in [0.05, 0.1) is 24.8 Å². The highest BCUT2D eigenvalue weighted by Gasteiger charge is 2.34. The summed E-state index contributed by atoms with van der Waals surface area (Å²) in [5.41, 5.74) is 0.583. The predicted molar refractivity (Wildman–Crippen MR) is 160 cm³/mol. The van der Waals surface area contributed by atoms with Gasteiger partial charge in [-0.1, -0.05) is 48.3 Å². The van der Waals surface area contributed by atoms with Crippen molar-refractivity contribution in [2.24, 2.45) is 0 Å². The van der Waals surface area contributed by atoms with Gasteiger partial charge in [-0.05, 0) is 61.9 Å². The number of rotatable bonds is 13. The van der Waals surface area contributed by atoms with E-state index in [0.29, 0.717) is 34.3 Å². The van der Waals surface area contributed by atoms with E-state index >= 15 is 0 Å². The Labute approximate surface area is 251 Å². The van der Waals surface area contributed by atoms with E-state index in [2.05, 4.69) is 5.32 Å². The number of benzene rings is 3. The molecule has 0 spiro atoms. The second-order valence-electron chi connectivity index (χ2n) is 9.05. The van der Waals surface area contributed by atoms with Crippen molar-refractivity contribution in [1.29, 1.82) is 0 Å². The summed E-state index contributed by atoms with van der Waals surface area (Å²) in [7, 11) is -1.41. The molecule has 2 amide bonds. The fourth-order valence-corrected chi connectivity index (χ4v) is 6.00. The summed E-state index contributed by atoms with van der Waals surface area (Å²) in [6, 6.07) is 16.2. The molecule has 0 fully saturated rings. The average Bonchev–Trinajstić information content (AvgIpc) is 2.98. The lowest BCUT2D eigenvalue weighted by molar-refractivity contribution is -0.139. The van der Waals surface area contributed by atoms with Crippen molar-refractivity contribution in [3.8, 4) is 11.5 Å². The third-order valence-electron chi connectivity index (χ3n) is 6.39. The van der Waals surface area contributed by atoms with Crippen molar-refractivity contribution in [3.05, 3.63) is 82.3 Å². The Kier molecular flexibility index (Phi) is 11.3. The van der Waals surface area contributed by atoms with Crippen LogP contribution in [0.25, 0.3) is 0 Å². The van der Waals surface area contributed by atoms with Gasteiger partial charge in [0.2, 0.25) is 11.8 Å². The number of nitrogens with zero attached hydrogens (tertiary/aromatic N) is 2. The van der Waals surface area contributed by atoms with Gasteiger partial charge in [-0.15, -0.1) is 0 Å². The van der Waals surface area contributed by atoms with Crippen molar-refractivity contribution in [1.82, 2.24) is 10.2 Å². The number of hydrogen-bond donors (Lipinski definition) is 1. The Morgan fingerprint density at radius 2 is 1.56 bits per heavy atom. The summed E-state index contributed by atoms with van der Waals surface area (Å²) in [4.78, 5) is 28.3. The molecule has 0 aliphatic heterocycles. The summed E-state index contributed by atoms with van der Waals surface area (Å²) in [5, 5.41) is 3.41. The number of halogens is 2. The Bertz CT molecular complexity index is 1450. The summed E-state index contributed by atoms with van der Waals surface area (Å²) >= 11 is 12.8. The molecule has 220 valence electrons. The van der Waals surface area contributed by atoms with Gasteiger partial charge in [0, 0.05) is 28.7 Å². The number of methoxy groups -OCH3 is 2. The zero-order valence-corrected chi connectivity index (χ0v) is 25.6. The molecule has 0 aliphatic rings. The largest absolute Gasteiger partial charge is 0.497 e. The minimum Gasteiger partial charge on any atom is -0.497 e. The Hall–Kier alpha value is -3.47. The molecular formula is C29H33Cl2N3O6S. The van der Waals surface area contributed by atoms with Crippen LogP contribution >= 0.6 is 23.2 Å². The number of amides is 2. The number of para-hydroxylation sites is 2. The minimum absolute atomic E-state index is 0.0635. The molecule has 9 nitrogen and oxygen atoms in total. The van der Waals surface area contributed by atoms with Crippen LogP contribution in [0.5, 0.6) is 11.5 Å². The van der Waals surface area contributed by atoms with E-state index < -0.39 is 34.4 Å². The number of carbonyl (C=O) groups excluding carboxylic acids is 2. The molecule has 12 heteroatoms. The maximum absolute atomic E-state index is 14.0. The minimum atomic E-state index is -4.29. The molecule has 0 aromatic heterocycles. The number of ether oxygens (including phenoxy) is 2. The number of sulfonamides is 1. The van der Waals surface area contributed by atoms with Crippen molar-refractivity contribution in [2.75, 3.05) is 31.6 Å². The number of nitrogens with one attached hydrogen (secondary N) is 1. The maximum Gasteiger partial charge on any atom is 0.264 e. The first kappa shape index (κ1) is 32.0. The highest BCUT2D eigenvalue weighted by Crippen LogP contribution is 2.33. The molecule has 0 saturated carbocycles. The monoisotopic (exact) mass is 621 g/mol. The van der Waals surface area contributed by atoms with Gasteiger partial charge >= 0.3 is 0 Å². The maximum atomic E-state index is 14.0. The molecule has 3 aromatic carbocycles. The molecule has 3 rings (SSSR count). The molecular weight excluding hydrogens is 589 g/mol. The van der Waals surface area contributed by atoms with Crippen LogP contribution < -0.4 is 19.1 Å². The standard InChI is InChI=1S/C29H33Cl2N3O6S/c1-5-17-32-29(36)20(2)33(18-23-24(30)9-8-10-25(23)31)28(35)19-34(26-11-6-7-12-27(26)40-4)41(37,38)22-15-13-21(39-3)14-16-22/h6-16,20H,5,17-19H2,1-4H3,(H,32,36)/t20-/m1/s1. The lowest BCUT2D eigenvalue weighted by Crippen LogP contribution is -2.51. The lowest BCUT2D eigenvalue weighted by atomic mass is 10.1. The first-order valence-corrected chi connectivity index (χ1v) is 15.0. The Morgan fingerprint density at radius 3 is 2.15 bits per heavy atom. The van der Waals surface area contributed by atoms with Gasteiger partial charge < -0.3 is 19.7 Å². The highest BCUT2D eigenvalue weighted by atomic mass is 35.5. The van der Waals surface area contributed by atoms with Crippen LogP contribution in [0.3, 0.4) is 0 Å². The second-order valence-corrected chi connectivity index (χ2v) is 11.7. The van der Waals surface area contributed by atoms with Gasteiger partial charge in [-0.25, -0.2) is 8.42 Å². The van der Waals surface area contributed by atoms with Crippen LogP contribution in [-0.4, -0.2) is 58.5 Å². The molecule has 0 aliphatic carbocycles. The zero-order valence-electron chi connectivity index (χ0n) is 23.3. The number of carbonyl (C=O) groups is 2. The summed E-state index contributed by atoms with van der Waals surface area (Å²) in [6.07, 6.45) is 0.699. The molecule has 0 unspecified atom stereocenters. The SMILES string of the molecule is CCCNC(=O)[C@@H](C)N(Cc1c(Cl)cccc1Cl)C(=O)CN(c1ccccc1OC)S(=O)(=O)c1ccc(OC)cc1. The third kappa shape index (κ3) is 7.63. The molecule has 41 heavy (non-hydrogen) atoms. The smallest absolute Gasteiger partial charge is 0.264 e. The van der Waals surface area contributed by atoms with Gasteiger partial charge in [0.1, 0.15) is 24.1 Å². The van der Waals surface area contributed by atoms with Crippen LogP contribution in [0.1, 0.15) is 25.8 Å². The topological polar surface area (TPSA) is 105 Å². The first-order valence-electron chi connectivity index (χ1n) is 12.8. The summed E-state index contributed by atoms with van der Waals surface area (Å²) < 4.78 is 39.6. The molecule has 1 atom stereocenters. The van der Waals surface area contributed by atoms with Gasteiger partial charge in [0.25, 0.3) is 10.0 Å². The Balaban J connectivity index is 2.10. The van der Waals surface area contributed by atoms with Crippen LogP contribution in [0.4, 0.5) is 5.69 Å². The van der Waals surface area contributed by atoms with E-state index in [-0.39, 0.29) is 22.9 Å². The average molecular weight is 623 g/mol. The normalized spacial score (nSPS) is 11.9. The quantitative estimate of drug-likeness (QED) is 0.283. The predicted octanol–water partition coefficient (Wildman–Crippen LogP) is 5.15. The highest BCUT2D eigenvalue weighted by molar-refractivity contribution is 7.92. The zero-order chi connectivity index (χ0) is 30.2. The first-order chi connectivity index (χ1) is 19.5. The number of hydrogen-bond acceptors (Lipinski definition) is 6. The summed E-state index contributed by atoms with van der Waals surface area (Å²) in [6.45, 7) is 3.13. The van der Waals surface area contributed by atoms with Crippen LogP contribution in [0, 0.1) is 0 Å². The van der Waals surface area contributed by atoms with Crippen molar-refractivity contribution in [3.63, 3.8) is 0 Å². The van der Waals surface area contributed by atoms with E-state index in [4.69, 9.17) is 32.7 Å². The lowest BCUT2D eigenvalue weighted by Gasteiger charge is -2.32. The summed E-state index contributed by atoms with van der Waals surface area (Å²) in [5.74, 6) is -0.334. The van der Waals surface area contributed by atoms with Crippen LogP contribution in [-0.2, 0) is 26.2 Å². The fraction of sp³-hybridized carbons (Fsp3) is 0.310. The molecule has 0 heterocycles. The Morgan fingerprint density at radius 1 is 0.927 bits per heavy atom. The second kappa shape index (κ2) is 14.4. The molecule has 0 radical (unpaired) electrons. The van der Waals surface area contributed by atoms with Gasteiger partial charge in [-0.3, -0.25) is 13.9 Å². The van der Waals surface area contributed by atoms with E-state index in [9.17, 15) is 18.0 Å². The molecule has 0 saturated heterocycles. The van der Waals surface area contributed by atoms with E-state index in [1.165, 1.54) is 43.4 Å². The van der Waals surface area contributed by atoms with Crippen molar-refractivity contribution in [2.45, 2.75) is 37.8 Å². The van der Waals surface area contributed by atoms with E-state index in [0.717, 1.165) is 4.31 Å². The van der Waals surface area contributed by atoms with Crippen molar-refractivity contribution >= 4 is 50.7 Å². The van der Waals surface area contributed by atoms with Crippen molar-refractivity contribution < 1.29 is 27.5 Å². The van der Waals surface area contributed by atoms with Gasteiger partial charge in [0.15, 0.2) is 0 Å². The van der Waals surface area contributed by atoms with Crippen LogP contribution in [0.2, 0.25) is 10.0 Å². The number of anilines is 1. The fourth-order valence-electron chi connectivity index (χ4n) is 4.06. The molecule has 1 N–H and O–H groups in total. The molecule has 3 aromatic rings. The van der Waals surface area contributed by atoms with E-state index in [1.54, 1.807) is 49.4 Å². The van der Waals surface area contributed by atoms with Gasteiger partial charge in [-0.2, -0.15) is 0 Å². The van der Waals surface area contributed by atoms with E-state index in [1.807, 2.05) is 6.92 Å².